The Morgan fingerprint density at radius 2 is 1.65 bits per heavy atom. The van der Waals surface area contributed by atoms with Gasteiger partial charge in [0.15, 0.2) is 11.2 Å². The molecule has 5 rings (SSSR count). The summed E-state index contributed by atoms with van der Waals surface area (Å²) in [4.78, 5) is 119. The van der Waals surface area contributed by atoms with Crippen LogP contribution in [0.2, 0.25) is 0 Å². The molecule has 84 heavy (non-hydrogen) atoms. The van der Waals surface area contributed by atoms with Crippen LogP contribution in [0.4, 0.5) is 24.8 Å². The van der Waals surface area contributed by atoms with Crippen molar-refractivity contribution in [3.8, 4) is 6.07 Å². The monoisotopic (exact) mass is 1230 g/mol. The number of ether oxygens (including phenoxy) is 1. The first-order valence-corrected chi connectivity index (χ1v) is 31.7. The third kappa shape index (κ3) is 21.8. The van der Waals surface area contributed by atoms with Gasteiger partial charge in [0, 0.05) is 85.7 Å². The van der Waals surface area contributed by atoms with Gasteiger partial charge < -0.3 is 34.6 Å². The number of carbonyl (C=O) groups is 7. The first-order chi connectivity index (χ1) is 39.8. The molecule has 0 spiro atoms. The van der Waals surface area contributed by atoms with Crippen LogP contribution in [-0.2, 0) is 49.1 Å². The number of aromatic amines is 1. The number of aromatic nitrogens is 4. The smallest absolute Gasteiger partial charge is 0.467 e. The number of fused-ring (bicyclic) bond motifs is 1. The van der Waals surface area contributed by atoms with Gasteiger partial charge in [-0.2, -0.15) is 23.4 Å². The number of nitriles is 1. The van der Waals surface area contributed by atoms with Crippen LogP contribution < -0.4 is 31.7 Å². The van der Waals surface area contributed by atoms with Crippen molar-refractivity contribution in [3.63, 3.8) is 0 Å². The zero-order valence-electron chi connectivity index (χ0n) is 48.8. The summed E-state index contributed by atoms with van der Waals surface area (Å²) in [5.74, 6) is -4.43. The normalized spacial score (nSPS) is 15.8. The fourth-order valence-electron chi connectivity index (χ4n) is 9.09. The number of methoxy groups -OCH3 is 1. The summed E-state index contributed by atoms with van der Waals surface area (Å²) in [5, 5.41) is 19.8. The summed E-state index contributed by atoms with van der Waals surface area (Å²) in [7, 11) is 2.50. The highest BCUT2D eigenvalue weighted by atomic mass is 33.1. The molecule has 1 aliphatic carbocycles. The molecule has 462 valence electrons. The van der Waals surface area contributed by atoms with Crippen molar-refractivity contribution in [2.75, 3.05) is 55.1 Å². The maximum Gasteiger partial charge on any atom is 0.471 e. The Bertz CT molecular complexity index is 2830. The second-order valence-corrected chi connectivity index (χ2v) is 25.7. The van der Waals surface area contributed by atoms with Gasteiger partial charge in [-0.1, -0.05) is 41.9 Å². The van der Waals surface area contributed by atoms with E-state index in [0.717, 1.165) is 63.3 Å². The standard InChI is InChI=1S/C55H78F3N12O11PS2/c1-34(2)48(74)66-53-65-47-46(50(76)67-53)63-39(30-61-47)31-69(52(78)55(56,57)58)40-15-13-38(14-16-40)49(75)62-37(7)12-17-44(72)64-42(51(77)79-8)33-84-83-29-20-43(71)60-26-10-9-21-54(23-24-54)22-18-45(73)68-27-19-41(32-68)81-82(80-28-11-25-59)70(35(3)4)36(5)6/h13-16,30,34-37,41-42H,9-12,17-24,26-29,31-33H2,1-8H3,(H,60,71)(H,62,75)(H,64,72)(H2,61,65,66,67,74,76)/t37-,41?,42-,82?/m1/s1. The summed E-state index contributed by atoms with van der Waals surface area (Å²) in [6.07, 6.45) is 3.22. The van der Waals surface area contributed by atoms with Crippen molar-refractivity contribution in [2.24, 2.45) is 11.3 Å². The third-order valence-corrected chi connectivity index (χ3v) is 18.5. The minimum Gasteiger partial charge on any atom is -0.467 e. The van der Waals surface area contributed by atoms with Gasteiger partial charge in [-0.3, -0.25) is 48.8 Å². The van der Waals surface area contributed by atoms with Crippen molar-refractivity contribution in [1.29, 1.82) is 5.26 Å². The lowest BCUT2D eigenvalue weighted by atomic mass is 9.93. The molecule has 1 aliphatic heterocycles. The molecule has 2 unspecified atom stereocenters. The minimum atomic E-state index is -5.32. The van der Waals surface area contributed by atoms with E-state index in [9.17, 15) is 51.5 Å². The van der Waals surface area contributed by atoms with Crippen molar-refractivity contribution in [2.45, 2.75) is 169 Å². The van der Waals surface area contributed by atoms with Gasteiger partial charge in [0.1, 0.15) is 6.04 Å². The maximum absolute atomic E-state index is 13.8. The Morgan fingerprint density at radius 1 is 0.940 bits per heavy atom. The first kappa shape index (κ1) is 68.8. The quantitative estimate of drug-likeness (QED) is 0.0168. The highest BCUT2D eigenvalue weighted by Crippen LogP contribution is 2.54. The average Bonchev–Trinajstić information content (AvgIpc) is 4.14. The highest BCUT2D eigenvalue weighted by Gasteiger charge is 2.44. The Balaban J connectivity index is 0.965. The van der Waals surface area contributed by atoms with Gasteiger partial charge in [-0.05, 0) is 109 Å². The number of nitrogens with one attached hydrogen (secondary N) is 5. The van der Waals surface area contributed by atoms with E-state index in [4.69, 9.17) is 19.0 Å². The molecular formula is C55H78F3N12O11PS2. The van der Waals surface area contributed by atoms with Crippen molar-refractivity contribution < 1.29 is 60.5 Å². The van der Waals surface area contributed by atoms with Crippen molar-refractivity contribution in [3.05, 3.63) is 52.1 Å². The Morgan fingerprint density at radius 3 is 2.30 bits per heavy atom. The van der Waals surface area contributed by atoms with Crippen molar-refractivity contribution in [1.82, 2.24) is 45.5 Å². The highest BCUT2D eigenvalue weighted by molar-refractivity contribution is 8.76. The molecule has 0 radical (unpaired) electrons. The number of likely N-dealkylation sites (tertiary alicyclic amines) is 1. The molecule has 3 aromatic rings. The average molecular weight is 1240 g/mol. The number of carbonyl (C=O) groups excluding carboxylic acids is 7. The molecule has 0 bridgehead atoms. The predicted molar refractivity (Wildman–Crippen MR) is 314 cm³/mol. The second-order valence-electron chi connectivity index (χ2n) is 21.7. The van der Waals surface area contributed by atoms with E-state index in [1.165, 1.54) is 40.8 Å². The SMILES string of the molecule is COC(=O)[C@@H](CSSCCC(=O)NCCCCC1(CCC(=O)N2CCC(OP(OCCC#N)N(C(C)C)C(C)C)C2)CC1)NC(=O)CC[C@@H](C)NC(=O)c1ccc(N(Cc2cnc3nc(NC(=O)C(C)C)[nH]c(=O)c3n2)C(=O)C(F)(F)F)cc1. The number of benzene rings is 1. The number of hydrogen-bond donors (Lipinski definition) is 5. The maximum atomic E-state index is 13.8. The molecule has 5 N–H and O–H groups in total. The molecule has 2 aromatic heterocycles. The number of anilines is 2. The van der Waals surface area contributed by atoms with E-state index in [2.05, 4.69) is 79.6 Å². The molecule has 6 amide bonds. The van der Waals surface area contributed by atoms with Crippen LogP contribution in [0, 0.1) is 22.7 Å². The molecular weight excluding hydrogens is 1160 g/mol. The van der Waals surface area contributed by atoms with Gasteiger partial charge >= 0.3 is 18.1 Å². The largest absolute Gasteiger partial charge is 0.471 e. The lowest BCUT2D eigenvalue weighted by Gasteiger charge is -2.36. The summed E-state index contributed by atoms with van der Waals surface area (Å²) in [5.41, 5.74) is -1.64. The van der Waals surface area contributed by atoms with Crippen LogP contribution in [0.15, 0.2) is 35.3 Å². The van der Waals surface area contributed by atoms with Gasteiger partial charge in [0.25, 0.3) is 20.0 Å². The number of esters is 1. The zero-order chi connectivity index (χ0) is 61.7. The van der Waals surface area contributed by atoms with Crippen LogP contribution in [-0.4, -0.2) is 152 Å². The van der Waals surface area contributed by atoms with Crippen LogP contribution in [0.25, 0.3) is 11.2 Å². The van der Waals surface area contributed by atoms with E-state index in [-0.39, 0.29) is 101 Å². The molecule has 1 saturated heterocycles. The van der Waals surface area contributed by atoms with E-state index in [0.29, 0.717) is 43.3 Å². The molecule has 4 atom stereocenters. The van der Waals surface area contributed by atoms with Crippen LogP contribution >= 0.6 is 30.1 Å². The molecule has 2 aliphatic rings. The fourth-order valence-corrected chi connectivity index (χ4v) is 13.0. The van der Waals surface area contributed by atoms with E-state index < -0.39 is 74.4 Å². The van der Waals surface area contributed by atoms with E-state index in [1.807, 2.05) is 4.90 Å². The number of nitrogens with zero attached hydrogens (tertiary/aromatic N) is 7. The van der Waals surface area contributed by atoms with Crippen LogP contribution in [0.5, 0.6) is 0 Å². The van der Waals surface area contributed by atoms with Gasteiger partial charge in [-0.25, -0.2) is 19.4 Å². The number of hydrogen-bond acceptors (Lipinski definition) is 18. The Labute approximate surface area is 496 Å². The van der Waals surface area contributed by atoms with Crippen molar-refractivity contribution >= 4 is 94.3 Å². The first-order valence-electron chi connectivity index (χ1n) is 28.1. The summed E-state index contributed by atoms with van der Waals surface area (Å²) >= 11 is 0. The molecule has 2 fully saturated rings. The zero-order valence-corrected chi connectivity index (χ0v) is 51.3. The van der Waals surface area contributed by atoms with Gasteiger partial charge in [0.2, 0.25) is 29.6 Å². The fraction of sp³-hybridized carbons (Fsp3) is 0.636. The minimum absolute atomic E-state index is 0.0300. The van der Waals surface area contributed by atoms with E-state index in [1.54, 1.807) is 20.8 Å². The Kier molecular flexibility index (Phi) is 27.1. The van der Waals surface area contributed by atoms with Gasteiger partial charge in [-0.15, -0.1) is 0 Å². The number of rotatable bonds is 34. The summed E-state index contributed by atoms with van der Waals surface area (Å²) < 4.78 is 61.1. The topological polar surface area (TPSA) is 300 Å². The van der Waals surface area contributed by atoms with Crippen LogP contribution in [0.1, 0.15) is 142 Å². The molecule has 23 nitrogen and oxygen atoms in total. The number of amides is 6. The Hall–Kier alpha value is -5.98. The van der Waals surface area contributed by atoms with Crippen LogP contribution in [0.3, 0.4) is 0 Å². The molecule has 1 saturated carbocycles. The predicted octanol–water partition coefficient (Wildman–Crippen LogP) is 7.47. The van der Waals surface area contributed by atoms with E-state index >= 15 is 0 Å². The number of halogens is 3. The molecule has 3 heterocycles. The third-order valence-electron chi connectivity index (χ3n) is 13.9. The number of H-pyrrole nitrogens is 1. The molecule has 29 heteroatoms. The summed E-state index contributed by atoms with van der Waals surface area (Å²) in [6.45, 7) is 14.5. The lowest BCUT2D eigenvalue weighted by Crippen LogP contribution is -2.43. The number of unbranched alkanes of at least 4 members (excludes halogenated alkanes) is 1. The van der Waals surface area contributed by atoms with Gasteiger partial charge in [0.05, 0.1) is 50.7 Å². The summed E-state index contributed by atoms with van der Waals surface area (Å²) in [6, 6.07) is 5.64. The lowest BCUT2D eigenvalue weighted by molar-refractivity contribution is -0.170. The second kappa shape index (κ2) is 33.1. The number of alkyl halides is 3. The molecule has 1 aromatic carbocycles.